The fourth-order valence-corrected chi connectivity index (χ4v) is 0.953. The van der Waals surface area contributed by atoms with Crippen molar-refractivity contribution in [2.24, 2.45) is 0 Å². The van der Waals surface area contributed by atoms with Crippen LogP contribution in [0.15, 0.2) is 30.3 Å². The van der Waals surface area contributed by atoms with Gasteiger partial charge in [-0.05, 0) is 17.3 Å². The summed E-state index contributed by atoms with van der Waals surface area (Å²) in [5.41, 5.74) is 0.963. The Bertz CT molecular complexity index is 264. The van der Waals surface area contributed by atoms with Crippen LogP contribution in [-0.2, 0) is 16.1 Å². The van der Waals surface area contributed by atoms with Crippen LogP contribution in [0.5, 0.6) is 0 Å². The second-order valence-electron chi connectivity index (χ2n) is 2.46. The van der Waals surface area contributed by atoms with Crippen molar-refractivity contribution < 1.29 is 9.53 Å². The lowest BCUT2D eigenvalue weighted by Gasteiger charge is -2.02. The van der Waals surface area contributed by atoms with Crippen LogP contribution in [0.3, 0.4) is 0 Å². The van der Waals surface area contributed by atoms with E-state index < -0.39 is 0 Å². The van der Waals surface area contributed by atoms with Crippen molar-refractivity contribution in [3.63, 3.8) is 0 Å². The molecule has 0 saturated carbocycles. The number of nitrogens with one attached hydrogen (secondary N) is 1. The van der Waals surface area contributed by atoms with E-state index in [-0.39, 0.29) is 19.1 Å². The van der Waals surface area contributed by atoms with E-state index in [9.17, 15) is 4.79 Å². The summed E-state index contributed by atoms with van der Waals surface area (Å²) in [6.07, 6.45) is 0. The fourth-order valence-electron chi connectivity index (χ4n) is 0.844. The Hall–Kier alpha value is -1.06. The lowest BCUT2D eigenvalue weighted by Crippen LogP contribution is -2.17. The number of rotatable bonds is 4. The van der Waals surface area contributed by atoms with Crippen molar-refractivity contribution >= 4 is 17.7 Å². The van der Waals surface area contributed by atoms with Gasteiger partial charge in [0.25, 0.3) is 0 Å². The maximum absolute atomic E-state index is 10.8. The summed E-state index contributed by atoms with van der Waals surface area (Å²) in [6.45, 7) is 0.312. The predicted molar refractivity (Wildman–Crippen MR) is 50.1 cm³/mol. The zero-order chi connectivity index (χ0) is 9.52. The monoisotopic (exact) mass is 199 g/mol. The molecule has 0 radical (unpaired) electrons. The highest BCUT2D eigenvalue weighted by molar-refractivity contribution is 6.14. The third-order valence-corrected chi connectivity index (χ3v) is 1.59. The molecule has 4 heteroatoms. The Morgan fingerprint density at radius 3 is 2.69 bits per heavy atom. The van der Waals surface area contributed by atoms with E-state index in [0.29, 0.717) is 0 Å². The predicted octanol–water partition coefficient (Wildman–Crippen LogP) is 1.47. The second kappa shape index (κ2) is 5.56. The average molecular weight is 200 g/mol. The van der Waals surface area contributed by atoms with Gasteiger partial charge in [-0.25, -0.2) is 4.84 Å². The zero-order valence-electron chi connectivity index (χ0n) is 7.00. The second-order valence-corrected chi connectivity index (χ2v) is 2.72. The maximum Gasteiger partial charge on any atom is 0.321 e. The molecule has 1 aromatic carbocycles. The van der Waals surface area contributed by atoms with Gasteiger partial charge < -0.3 is 4.74 Å². The Labute approximate surface area is 81.8 Å². The average Bonchev–Trinajstić information content (AvgIpc) is 2.17. The van der Waals surface area contributed by atoms with E-state index in [1.807, 2.05) is 30.3 Å². The first-order valence-electron chi connectivity index (χ1n) is 3.86. The van der Waals surface area contributed by atoms with Crippen molar-refractivity contribution in [1.29, 1.82) is 0 Å². The first-order chi connectivity index (χ1) is 6.33. The van der Waals surface area contributed by atoms with Gasteiger partial charge in [0.15, 0.2) is 0 Å². The normalized spacial score (nSPS) is 9.62. The van der Waals surface area contributed by atoms with Gasteiger partial charge in [0, 0.05) is 0 Å². The molecule has 0 aliphatic rings. The quantitative estimate of drug-likeness (QED) is 0.590. The molecule has 0 unspecified atom stereocenters. The van der Waals surface area contributed by atoms with E-state index in [1.54, 1.807) is 0 Å². The van der Waals surface area contributed by atoms with Crippen LogP contribution in [0.4, 0.5) is 0 Å². The van der Waals surface area contributed by atoms with Crippen molar-refractivity contribution in [3.05, 3.63) is 35.9 Å². The van der Waals surface area contributed by atoms with Gasteiger partial charge in [-0.1, -0.05) is 30.3 Å². The third-order valence-electron chi connectivity index (χ3n) is 1.45. The summed E-state index contributed by atoms with van der Waals surface area (Å²) in [4.78, 5) is 13.0. The van der Waals surface area contributed by atoms with Gasteiger partial charge >= 0.3 is 5.97 Å². The molecule has 0 heterocycles. The summed E-state index contributed by atoms with van der Waals surface area (Å²) >= 11 is 5.13. The summed E-state index contributed by atoms with van der Waals surface area (Å²) < 4.78 is 4.88. The van der Waals surface area contributed by atoms with Crippen LogP contribution in [0.1, 0.15) is 5.56 Å². The van der Waals surface area contributed by atoms with Crippen molar-refractivity contribution in [1.82, 2.24) is 4.84 Å². The minimum Gasteiger partial charge on any atom is -0.460 e. The number of esters is 1. The number of carbonyl (C=O) groups is 1. The topological polar surface area (TPSA) is 38.3 Å². The van der Waals surface area contributed by atoms with Crippen molar-refractivity contribution in [3.8, 4) is 0 Å². The lowest BCUT2D eigenvalue weighted by atomic mass is 10.2. The van der Waals surface area contributed by atoms with E-state index in [4.69, 9.17) is 16.5 Å². The van der Waals surface area contributed by atoms with Gasteiger partial charge in [0.1, 0.15) is 13.2 Å². The molecule has 0 bridgehead atoms. The highest BCUT2D eigenvalue weighted by atomic mass is 35.5. The molecule has 0 atom stereocenters. The maximum atomic E-state index is 10.8. The molecule has 1 rings (SSSR count). The van der Waals surface area contributed by atoms with E-state index >= 15 is 0 Å². The minimum absolute atomic E-state index is 0.0222. The van der Waals surface area contributed by atoms with Gasteiger partial charge in [-0.2, -0.15) is 0 Å². The van der Waals surface area contributed by atoms with E-state index in [0.717, 1.165) is 5.56 Å². The largest absolute Gasteiger partial charge is 0.460 e. The first kappa shape index (κ1) is 10.0. The molecule has 0 aromatic heterocycles. The molecule has 3 nitrogen and oxygen atoms in total. The molecule has 0 saturated heterocycles. The Morgan fingerprint density at radius 2 is 2.08 bits per heavy atom. The summed E-state index contributed by atoms with van der Waals surface area (Å²) in [6, 6.07) is 9.47. The number of hydrogen-bond acceptors (Lipinski definition) is 3. The highest BCUT2D eigenvalue weighted by Crippen LogP contribution is 2.00. The van der Waals surface area contributed by atoms with Gasteiger partial charge in [0.05, 0.1) is 0 Å². The first-order valence-corrected chi connectivity index (χ1v) is 4.24. The molecule has 0 amide bonds. The minimum atomic E-state index is -0.362. The molecule has 1 aromatic rings. The smallest absolute Gasteiger partial charge is 0.321 e. The molecule has 0 spiro atoms. The molecule has 0 fully saturated rings. The highest BCUT2D eigenvalue weighted by Gasteiger charge is 2.00. The molecule has 70 valence electrons. The number of ether oxygens (including phenoxy) is 1. The van der Waals surface area contributed by atoms with E-state index in [1.165, 1.54) is 0 Å². The number of hydrogen-bond donors (Lipinski definition) is 1. The third kappa shape index (κ3) is 3.92. The number of carbonyl (C=O) groups excluding carboxylic acids is 1. The Balaban J connectivity index is 2.31. The molecule has 13 heavy (non-hydrogen) atoms. The van der Waals surface area contributed by atoms with Crippen molar-refractivity contribution in [2.75, 3.05) is 6.54 Å². The molecular weight excluding hydrogens is 190 g/mol. The van der Waals surface area contributed by atoms with Crippen LogP contribution in [-0.4, -0.2) is 12.5 Å². The fraction of sp³-hybridized carbons (Fsp3) is 0.222. The molecule has 0 aliphatic carbocycles. The van der Waals surface area contributed by atoms with Crippen LogP contribution < -0.4 is 4.84 Å². The van der Waals surface area contributed by atoms with Gasteiger partial charge in [-0.3, -0.25) is 4.79 Å². The van der Waals surface area contributed by atoms with E-state index in [2.05, 4.69) is 4.84 Å². The lowest BCUT2D eigenvalue weighted by molar-refractivity contribution is -0.143. The molecular formula is C9H10ClNO2. The van der Waals surface area contributed by atoms with Gasteiger partial charge in [0.2, 0.25) is 0 Å². The zero-order valence-corrected chi connectivity index (χ0v) is 7.75. The summed E-state index contributed by atoms with van der Waals surface area (Å²) in [5, 5.41) is 0. The van der Waals surface area contributed by atoms with Crippen LogP contribution in [0.2, 0.25) is 0 Å². The summed E-state index contributed by atoms with van der Waals surface area (Å²) in [5.74, 6) is -0.362. The summed E-state index contributed by atoms with van der Waals surface area (Å²) in [7, 11) is 0. The van der Waals surface area contributed by atoms with Crippen LogP contribution in [0, 0.1) is 0 Å². The Kier molecular flexibility index (Phi) is 4.29. The standard InChI is InChI=1S/C9H10ClNO2/c10-11-6-9(12)13-7-8-4-2-1-3-5-8/h1-5,11H,6-7H2. The number of benzene rings is 1. The molecule has 1 N–H and O–H groups in total. The number of halogens is 1. The Morgan fingerprint density at radius 1 is 1.38 bits per heavy atom. The van der Waals surface area contributed by atoms with Crippen LogP contribution in [0.25, 0.3) is 0 Å². The van der Waals surface area contributed by atoms with Gasteiger partial charge in [-0.15, -0.1) is 0 Å². The van der Waals surface area contributed by atoms with Crippen molar-refractivity contribution in [2.45, 2.75) is 6.61 Å². The van der Waals surface area contributed by atoms with Crippen LogP contribution >= 0.6 is 11.8 Å². The SMILES string of the molecule is O=C(CNCl)OCc1ccccc1. The molecule has 0 aliphatic heterocycles.